The second-order valence-corrected chi connectivity index (χ2v) is 18.7. The zero-order chi connectivity index (χ0) is 43.1. The molecule has 3 N–H and O–H groups in total. The number of amides is 1. The van der Waals surface area contributed by atoms with Gasteiger partial charge in [0.1, 0.15) is 30.2 Å². The molecule has 5 aliphatic rings. The molecule has 1 aromatic heterocycles. The van der Waals surface area contributed by atoms with Gasteiger partial charge in [-0.05, 0) is 126 Å². The summed E-state index contributed by atoms with van der Waals surface area (Å²) in [5, 5.41) is 27.2. The summed E-state index contributed by atoms with van der Waals surface area (Å²) in [4.78, 5) is 29.6. The van der Waals surface area contributed by atoms with E-state index in [9.17, 15) is 15.0 Å². The number of terminal acetylenes is 1. The molecule has 3 aliphatic heterocycles. The van der Waals surface area contributed by atoms with Gasteiger partial charge in [-0.1, -0.05) is 18.6 Å². The average molecular weight is 841 g/mol. The van der Waals surface area contributed by atoms with Crippen molar-refractivity contribution in [3.8, 4) is 24.1 Å². The van der Waals surface area contributed by atoms with Crippen molar-refractivity contribution < 1.29 is 33.3 Å². The number of carbonyl (C=O) groups excluding carboxylic acids is 1. The third kappa shape index (κ3) is 8.70. The van der Waals surface area contributed by atoms with Crippen LogP contribution in [0, 0.1) is 18.2 Å². The van der Waals surface area contributed by atoms with Gasteiger partial charge in [0.25, 0.3) is 0 Å². The molecule has 13 heteroatoms. The number of nitrogens with zero attached hydrogens (tertiary/aromatic N) is 5. The summed E-state index contributed by atoms with van der Waals surface area (Å²) in [5.74, 6) is 2.48. The predicted molar refractivity (Wildman–Crippen MR) is 232 cm³/mol. The normalized spacial score (nSPS) is 29.1. The Balaban J connectivity index is 1.13. The Bertz CT molecular complexity index is 2150. The second kappa shape index (κ2) is 17.8. The fourth-order valence-electron chi connectivity index (χ4n) is 11.3. The van der Waals surface area contributed by atoms with Gasteiger partial charge in [-0.15, -0.1) is 6.42 Å². The summed E-state index contributed by atoms with van der Waals surface area (Å²) in [6.45, 7) is 13.3. The van der Waals surface area contributed by atoms with Crippen LogP contribution < -0.4 is 15.0 Å². The van der Waals surface area contributed by atoms with Gasteiger partial charge >= 0.3 is 6.01 Å². The quantitative estimate of drug-likeness (QED) is 0.157. The van der Waals surface area contributed by atoms with E-state index in [1.165, 1.54) is 12.1 Å². The van der Waals surface area contributed by atoms with Crippen LogP contribution in [0.15, 0.2) is 36.9 Å². The molecular weight excluding hydrogens is 779 g/mol. The molecule has 1 saturated carbocycles. The number of alkyl halides is 1. The molecule has 4 fully saturated rings. The van der Waals surface area contributed by atoms with Gasteiger partial charge in [0.15, 0.2) is 0 Å². The molecule has 0 spiro atoms. The standard InChI is InChI=1S/C48H62F2N6O5/c1-6-38-41(50)18-12-32-22-37(57)24-40(44(32)38)31-11-17-39-42(23-31)52-46(53-45(39)54-19-9-8-10-34(27-54)51-43(58)7-2)61-29-48(47(4,5)59)25-33(49)26-56(48)36-15-13-35(14-16-36)55-20-21-60-28-30(55)3/h1,7,12,18,22,24,30-31,33-36,57,59H,2,8-11,13-17,19-21,23,25-29H2,3-5H3,(H,51,58)/t30-,31+,33+,34?,35?,36?,48-/m0/s1. The monoisotopic (exact) mass is 840 g/mol. The Labute approximate surface area is 358 Å². The van der Waals surface area contributed by atoms with E-state index < -0.39 is 23.1 Å². The van der Waals surface area contributed by atoms with Gasteiger partial charge in [0, 0.05) is 67.7 Å². The lowest BCUT2D eigenvalue weighted by atomic mass is 9.78. The van der Waals surface area contributed by atoms with Crippen molar-refractivity contribution >= 4 is 22.5 Å². The van der Waals surface area contributed by atoms with E-state index in [0.717, 1.165) is 87.3 Å². The lowest BCUT2D eigenvalue weighted by Gasteiger charge is -2.51. The van der Waals surface area contributed by atoms with Crippen LogP contribution in [0.1, 0.15) is 107 Å². The summed E-state index contributed by atoms with van der Waals surface area (Å²) in [7, 11) is 0. The topological polar surface area (TPSA) is 124 Å². The highest BCUT2D eigenvalue weighted by atomic mass is 19.1. The molecular formula is C48H62F2N6O5. The number of ether oxygens (including phenoxy) is 2. The molecule has 3 aromatic rings. The largest absolute Gasteiger partial charge is 0.508 e. The van der Waals surface area contributed by atoms with Crippen LogP contribution in [-0.2, 0) is 22.4 Å². The first-order valence-electron chi connectivity index (χ1n) is 22.4. The molecule has 0 bridgehead atoms. The number of benzene rings is 2. The van der Waals surface area contributed by atoms with Crippen LogP contribution in [0.25, 0.3) is 10.8 Å². The van der Waals surface area contributed by atoms with Gasteiger partial charge < -0.3 is 29.9 Å². The molecule has 3 saturated heterocycles. The molecule has 8 rings (SSSR count). The minimum absolute atomic E-state index is 0.0149. The minimum atomic E-state index is -1.33. The van der Waals surface area contributed by atoms with Crippen LogP contribution >= 0.6 is 0 Å². The van der Waals surface area contributed by atoms with Gasteiger partial charge in [0.2, 0.25) is 5.91 Å². The molecule has 5 atom stereocenters. The fourth-order valence-corrected chi connectivity index (χ4v) is 11.3. The zero-order valence-electron chi connectivity index (χ0n) is 36.0. The molecule has 1 amide bonds. The highest BCUT2D eigenvalue weighted by Crippen LogP contribution is 2.46. The Kier molecular flexibility index (Phi) is 12.6. The summed E-state index contributed by atoms with van der Waals surface area (Å²) >= 11 is 0. The molecule has 2 aliphatic carbocycles. The van der Waals surface area contributed by atoms with Crippen molar-refractivity contribution in [2.24, 2.45) is 0 Å². The third-order valence-corrected chi connectivity index (χ3v) is 14.5. The van der Waals surface area contributed by atoms with E-state index in [0.29, 0.717) is 55.2 Å². The van der Waals surface area contributed by atoms with Crippen molar-refractivity contribution in [3.05, 3.63) is 65.1 Å². The van der Waals surface area contributed by atoms with Crippen LogP contribution in [0.2, 0.25) is 0 Å². The van der Waals surface area contributed by atoms with Crippen molar-refractivity contribution in [3.63, 3.8) is 0 Å². The molecule has 2 aromatic carbocycles. The molecule has 328 valence electrons. The van der Waals surface area contributed by atoms with Gasteiger partial charge in [-0.25, -0.2) is 8.78 Å². The zero-order valence-corrected chi connectivity index (χ0v) is 36.0. The molecule has 61 heavy (non-hydrogen) atoms. The Hall–Kier alpha value is -4.35. The number of carbonyl (C=O) groups is 1. The van der Waals surface area contributed by atoms with E-state index in [2.05, 4.69) is 39.4 Å². The summed E-state index contributed by atoms with van der Waals surface area (Å²) in [6, 6.07) is 7.18. The Morgan fingerprint density at radius 3 is 2.66 bits per heavy atom. The maximum absolute atomic E-state index is 15.9. The first kappa shape index (κ1) is 43.3. The number of halogens is 2. The highest BCUT2D eigenvalue weighted by Gasteiger charge is 2.58. The maximum Gasteiger partial charge on any atom is 0.318 e. The van der Waals surface area contributed by atoms with Gasteiger partial charge in [-0.2, -0.15) is 9.97 Å². The van der Waals surface area contributed by atoms with Crippen LogP contribution in [-0.4, -0.2) is 123 Å². The van der Waals surface area contributed by atoms with Gasteiger partial charge in [-0.3, -0.25) is 14.6 Å². The highest BCUT2D eigenvalue weighted by molar-refractivity contribution is 5.93. The number of aromatic nitrogens is 2. The number of aromatic hydroxyl groups is 1. The molecule has 11 nitrogen and oxygen atoms in total. The first-order chi connectivity index (χ1) is 29.3. The smallest absolute Gasteiger partial charge is 0.318 e. The van der Waals surface area contributed by atoms with Crippen LogP contribution in [0.3, 0.4) is 0 Å². The first-order valence-corrected chi connectivity index (χ1v) is 22.4. The maximum atomic E-state index is 15.9. The second-order valence-electron chi connectivity index (χ2n) is 18.7. The number of hydrogen-bond donors (Lipinski definition) is 3. The van der Waals surface area contributed by atoms with Crippen molar-refractivity contribution in [1.29, 1.82) is 0 Å². The molecule has 1 unspecified atom stereocenters. The Morgan fingerprint density at radius 1 is 1.13 bits per heavy atom. The van der Waals surface area contributed by atoms with E-state index in [4.69, 9.17) is 25.9 Å². The summed E-state index contributed by atoms with van der Waals surface area (Å²) in [6.07, 6.45) is 14.3. The lowest BCUT2D eigenvalue weighted by Crippen LogP contribution is -2.65. The van der Waals surface area contributed by atoms with Gasteiger partial charge in [0.05, 0.1) is 35.6 Å². The van der Waals surface area contributed by atoms with Crippen molar-refractivity contribution in [2.75, 3.05) is 50.9 Å². The third-order valence-electron chi connectivity index (χ3n) is 14.5. The van der Waals surface area contributed by atoms with Crippen molar-refractivity contribution in [1.82, 2.24) is 25.1 Å². The van der Waals surface area contributed by atoms with Crippen molar-refractivity contribution in [2.45, 2.75) is 139 Å². The van der Waals surface area contributed by atoms with E-state index >= 15 is 8.78 Å². The number of hydrogen-bond acceptors (Lipinski definition) is 10. The molecule has 4 heterocycles. The lowest BCUT2D eigenvalue weighted by molar-refractivity contribution is -0.117. The summed E-state index contributed by atoms with van der Waals surface area (Å²) < 4.78 is 43.5. The number of phenolic OH excluding ortho intramolecular Hbond substituents is 1. The SMILES string of the molecule is C#Cc1c(F)ccc2cc(O)cc([C@@H]3CCc4c(nc(OC[C@]5(C(C)(C)O)C[C@@H](F)CN5C5CCC(N6CCOC[C@@H]6C)CC5)nc4N4CCCCC(NC(=O)C=C)C4)C3)c12. The predicted octanol–water partition coefficient (Wildman–Crippen LogP) is 6.35. The van der Waals surface area contributed by atoms with Crippen LogP contribution in [0.5, 0.6) is 11.8 Å². The fraction of sp³-hybridized carbons (Fsp3) is 0.604. The minimum Gasteiger partial charge on any atom is -0.508 e. The van der Waals surface area contributed by atoms with Crippen LogP contribution in [0.4, 0.5) is 14.6 Å². The number of phenols is 1. The number of nitrogens with one attached hydrogen (secondary N) is 1. The average Bonchev–Trinajstić information content (AvgIpc) is 3.43. The van der Waals surface area contributed by atoms with E-state index in [-0.39, 0.29) is 60.8 Å². The summed E-state index contributed by atoms with van der Waals surface area (Å²) in [5.41, 5.74) is 0.289. The number of rotatable bonds is 10. The number of morpholine rings is 1. The Morgan fingerprint density at radius 2 is 1.92 bits per heavy atom. The van der Waals surface area contributed by atoms with E-state index in [1.54, 1.807) is 32.0 Å². The number of fused-ring (bicyclic) bond motifs is 2. The molecule has 0 radical (unpaired) electrons. The number of anilines is 1. The number of aliphatic hydroxyl groups is 1. The number of likely N-dealkylation sites (tertiary alicyclic amines) is 1. The van der Waals surface area contributed by atoms with E-state index in [1.807, 2.05) is 0 Å².